The van der Waals surface area contributed by atoms with Gasteiger partial charge in [-0.1, -0.05) is 45.9 Å². The first-order valence-electron chi connectivity index (χ1n) is 6.39. The first-order chi connectivity index (χ1) is 8.42. The van der Waals surface area contributed by atoms with Gasteiger partial charge >= 0.3 is 0 Å². The summed E-state index contributed by atoms with van der Waals surface area (Å²) in [5.74, 6) is 0. The molecule has 0 saturated heterocycles. The third-order valence-electron chi connectivity index (χ3n) is 2.10. The number of hydrogen-bond acceptors (Lipinski definition) is 2. The summed E-state index contributed by atoms with van der Waals surface area (Å²) in [4.78, 5) is 4.30. The van der Waals surface area contributed by atoms with E-state index in [0.717, 1.165) is 12.1 Å². The van der Waals surface area contributed by atoms with Gasteiger partial charge in [-0.25, -0.2) is 0 Å². The molecule has 94 valence electrons. The van der Waals surface area contributed by atoms with Gasteiger partial charge in [0, 0.05) is 18.1 Å². The Labute approximate surface area is 105 Å². The summed E-state index contributed by atoms with van der Waals surface area (Å²) in [7, 11) is 1.95. The lowest BCUT2D eigenvalue weighted by atomic mass is 10.1. The Hall–Kier alpha value is -1.41. The number of nitrogens with one attached hydrogen (secondary N) is 1. The van der Waals surface area contributed by atoms with Crippen LogP contribution in [0.15, 0.2) is 36.5 Å². The van der Waals surface area contributed by atoms with Gasteiger partial charge in [0.1, 0.15) is 0 Å². The largest absolute Gasteiger partial charge is 0.316 e. The quantitative estimate of drug-likeness (QED) is 0.846. The highest BCUT2D eigenvalue weighted by molar-refractivity contribution is 5.81. The highest BCUT2D eigenvalue weighted by Crippen LogP contribution is 2.15. The van der Waals surface area contributed by atoms with E-state index in [9.17, 15) is 0 Å². The van der Waals surface area contributed by atoms with Crippen molar-refractivity contribution in [1.82, 2.24) is 10.3 Å². The lowest BCUT2D eigenvalue weighted by molar-refractivity contribution is 0.823. The van der Waals surface area contributed by atoms with Crippen molar-refractivity contribution in [3.05, 3.63) is 42.1 Å². The molecule has 0 atom stereocenters. The van der Waals surface area contributed by atoms with E-state index in [4.69, 9.17) is 0 Å². The average Bonchev–Trinajstić information content (AvgIpc) is 2.44. The van der Waals surface area contributed by atoms with E-state index >= 15 is 0 Å². The zero-order chi connectivity index (χ0) is 13.1. The van der Waals surface area contributed by atoms with Crippen LogP contribution in [0, 0.1) is 0 Å². The maximum absolute atomic E-state index is 4.30. The van der Waals surface area contributed by atoms with Gasteiger partial charge in [0.15, 0.2) is 0 Å². The highest BCUT2D eigenvalue weighted by Gasteiger charge is 1.98. The molecule has 0 amide bonds. The van der Waals surface area contributed by atoms with Crippen LogP contribution >= 0.6 is 0 Å². The summed E-state index contributed by atoms with van der Waals surface area (Å²) in [6.45, 7) is 8.89. The molecule has 1 heterocycles. The van der Waals surface area contributed by atoms with Gasteiger partial charge < -0.3 is 5.32 Å². The molecule has 2 rings (SSSR count). The molecule has 0 spiro atoms. The molecule has 17 heavy (non-hydrogen) atoms. The van der Waals surface area contributed by atoms with E-state index in [1.54, 1.807) is 0 Å². The van der Waals surface area contributed by atoms with E-state index in [2.05, 4.69) is 22.4 Å². The second kappa shape index (κ2) is 9.79. The number of rotatable bonds is 2. The van der Waals surface area contributed by atoms with Gasteiger partial charge in [0.05, 0.1) is 5.52 Å². The molecule has 0 aliphatic carbocycles. The fraction of sp³-hybridized carbons (Fsp3) is 0.400. The van der Waals surface area contributed by atoms with Gasteiger partial charge in [0.2, 0.25) is 0 Å². The third kappa shape index (κ3) is 4.53. The fourth-order valence-electron chi connectivity index (χ4n) is 1.51. The van der Waals surface area contributed by atoms with Crippen LogP contribution in [0.5, 0.6) is 0 Å². The smallest absolute Gasteiger partial charge is 0.0705 e. The predicted molar refractivity (Wildman–Crippen MR) is 77.2 cm³/mol. The Balaban J connectivity index is 0.000000581. The van der Waals surface area contributed by atoms with Crippen LogP contribution in [-0.4, -0.2) is 12.0 Å². The predicted octanol–water partition coefficient (Wildman–Crippen LogP) is 4.01. The maximum atomic E-state index is 4.30. The topological polar surface area (TPSA) is 24.9 Å². The zero-order valence-corrected chi connectivity index (χ0v) is 11.6. The van der Waals surface area contributed by atoms with Crippen LogP contribution in [0.1, 0.15) is 33.3 Å². The molecule has 1 N–H and O–H groups in total. The first-order valence-corrected chi connectivity index (χ1v) is 6.39. The second-order valence-electron chi connectivity index (χ2n) is 3.02. The van der Waals surface area contributed by atoms with E-state index in [1.807, 2.05) is 59.1 Å². The van der Waals surface area contributed by atoms with Crippen molar-refractivity contribution < 1.29 is 0 Å². The molecule has 0 fully saturated rings. The van der Waals surface area contributed by atoms with Crippen molar-refractivity contribution in [2.75, 3.05) is 7.05 Å². The van der Waals surface area contributed by atoms with E-state index in [-0.39, 0.29) is 0 Å². The number of aromatic nitrogens is 1. The van der Waals surface area contributed by atoms with Crippen molar-refractivity contribution in [3.63, 3.8) is 0 Å². The fourth-order valence-corrected chi connectivity index (χ4v) is 1.51. The standard InChI is InChI=1S/C11H12N2.2C2H6/c1-12-8-9-4-2-6-11-10(9)5-3-7-13-11;2*1-2/h2-7,12H,8H2,1H3;2*1-2H3. The van der Waals surface area contributed by atoms with Gasteiger partial charge in [-0.2, -0.15) is 0 Å². The summed E-state index contributed by atoms with van der Waals surface area (Å²) in [5, 5.41) is 4.38. The molecule has 0 unspecified atom stereocenters. The normalized spacial score (nSPS) is 8.76. The summed E-state index contributed by atoms with van der Waals surface area (Å²) < 4.78 is 0. The Kier molecular flexibility index (Phi) is 8.98. The molecule has 0 bridgehead atoms. The van der Waals surface area contributed by atoms with Crippen molar-refractivity contribution in [2.45, 2.75) is 34.2 Å². The molecule has 1 aromatic carbocycles. The van der Waals surface area contributed by atoms with Crippen molar-refractivity contribution in [1.29, 1.82) is 0 Å². The molecule has 2 heteroatoms. The summed E-state index contributed by atoms with van der Waals surface area (Å²) >= 11 is 0. The number of nitrogens with zero attached hydrogens (tertiary/aromatic N) is 1. The summed E-state index contributed by atoms with van der Waals surface area (Å²) in [6, 6.07) is 10.3. The maximum Gasteiger partial charge on any atom is 0.0705 e. The molecule has 1 aromatic heterocycles. The third-order valence-corrected chi connectivity index (χ3v) is 2.10. The van der Waals surface area contributed by atoms with Crippen LogP contribution in [0.2, 0.25) is 0 Å². The molecule has 2 nitrogen and oxygen atoms in total. The highest BCUT2D eigenvalue weighted by atomic mass is 14.8. The van der Waals surface area contributed by atoms with Crippen LogP contribution in [0.25, 0.3) is 10.9 Å². The molecule has 0 aliphatic heterocycles. The number of benzene rings is 1. The molecule has 0 saturated carbocycles. The van der Waals surface area contributed by atoms with E-state index in [0.29, 0.717) is 0 Å². The molecular formula is C15H24N2. The number of pyridine rings is 1. The van der Waals surface area contributed by atoms with Crippen molar-refractivity contribution in [3.8, 4) is 0 Å². The number of hydrogen-bond donors (Lipinski definition) is 1. The van der Waals surface area contributed by atoms with E-state index < -0.39 is 0 Å². The summed E-state index contributed by atoms with van der Waals surface area (Å²) in [6.07, 6.45) is 1.82. The van der Waals surface area contributed by atoms with Gasteiger partial charge in [0.25, 0.3) is 0 Å². The zero-order valence-electron chi connectivity index (χ0n) is 11.6. The first kappa shape index (κ1) is 15.6. The minimum absolute atomic E-state index is 0.892. The van der Waals surface area contributed by atoms with Gasteiger partial charge in [-0.05, 0) is 24.7 Å². The Bertz CT molecular complexity index is 405. The molecular weight excluding hydrogens is 208 g/mol. The Morgan fingerprint density at radius 1 is 1.00 bits per heavy atom. The minimum Gasteiger partial charge on any atom is -0.316 e. The minimum atomic E-state index is 0.892. The van der Waals surface area contributed by atoms with E-state index in [1.165, 1.54) is 10.9 Å². The lowest BCUT2D eigenvalue weighted by Crippen LogP contribution is -2.05. The molecule has 0 radical (unpaired) electrons. The number of fused-ring (bicyclic) bond motifs is 1. The lowest BCUT2D eigenvalue weighted by Gasteiger charge is -2.03. The second-order valence-corrected chi connectivity index (χ2v) is 3.02. The van der Waals surface area contributed by atoms with Gasteiger partial charge in [-0.3, -0.25) is 4.98 Å². The Morgan fingerprint density at radius 3 is 2.35 bits per heavy atom. The van der Waals surface area contributed by atoms with Crippen molar-refractivity contribution >= 4 is 10.9 Å². The van der Waals surface area contributed by atoms with Crippen LogP contribution in [0.4, 0.5) is 0 Å². The van der Waals surface area contributed by atoms with Gasteiger partial charge in [-0.15, -0.1) is 0 Å². The Morgan fingerprint density at radius 2 is 1.71 bits per heavy atom. The summed E-state index contributed by atoms with van der Waals surface area (Å²) in [5.41, 5.74) is 2.36. The van der Waals surface area contributed by atoms with Crippen LogP contribution < -0.4 is 5.32 Å². The van der Waals surface area contributed by atoms with Crippen LogP contribution in [-0.2, 0) is 6.54 Å². The SMILES string of the molecule is CC.CC.CNCc1cccc2ncccc12. The monoisotopic (exact) mass is 232 g/mol. The molecule has 0 aliphatic rings. The average molecular weight is 232 g/mol. The molecule has 2 aromatic rings. The van der Waals surface area contributed by atoms with Crippen LogP contribution in [0.3, 0.4) is 0 Å². The van der Waals surface area contributed by atoms with Crippen molar-refractivity contribution in [2.24, 2.45) is 0 Å².